The number of halogens is 1. The molecule has 1 fully saturated rings. The summed E-state index contributed by atoms with van der Waals surface area (Å²) in [6, 6.07) is 9.15. The molecule has 27 heavy (non-hydrogen) atoms. The van der Waals surface area contributed by atoms with E-state index < -0.39 is 0 Å². The van der Waals surface area contributed by atoms with E-state index in [0.29, 0.717) is 16.9 Å². The fraction of sp³-hybridized carbons (Fsp3) is 0.333. The number of aromatic nitrogens is 3. The molecule has 0 radical (unpaired) electrons. The summed E-state index contributed by atoms with van der Waals surface area (Å²) in [5.41, 5.74) is 9.21. The molecule has 5 nitrogen and oxygen atoms in total. The quantitative estimate of drug-likeness (QED) is 0.608. The first-order valence-corrected chi connectivity index (χ1v) is 9.73. The number of benzene rings is 1. The SMILES string of the molecule is NCC1CCC(c2nc(-c3ccncc3)c(-c3cccc(O)c3Cl)[nH]2)CC1. The number of aromatic hydroxyl groups is 1. The predicted octanol–water partition coefficient (Wildman–Crippen LogP) is 4.73. The third-order valence-corrected chi connectivity index (χ3v) is 5.89. The van der Waals surface area contributed by atoms with Gasteiger partial charge in [0.1, 0.15) is 11.6 Å². The van der Waals surface area contributed by atoms with Crippen LogP contribution in [0, 0.1) is 5.92 Å². The molecule has 4 rings (SSSR count). The van der Waals surface area contributed by atoms with Crippen LogP contribution in [0.5, 0.6) is 5.75 Å². The molecule has 0 bridgehead atoms. The van der Waals surface area contributed by atoms with Gasteiger partial charge in [0.15, 0.2) is 0 Å². The highest BCUT2D eigenvalue weighted by Crippen LogP contribution is 2.41. The molecule has 0 saturated heterocycles. The van der Waals surface area contributed by atoms with Crippen molar-refractivity contribution < 1.29 is 5.11 Å². The number of nitrogens with zero attached hydrogens (tertiary/aromatic N) is 2. The number of H-pyrrole nitrogens is 1. The maximum Gasteiger partial charge on any atom is 0.134 e. The molecule has 0 unspecified atom stereocenters. The zero-order chi connectivity index (χ0) is 18.8. The summed E-state index contributed by atoms with van der Waals surface area (Å²) in [6.07, 6.45) is 7.94. The van der Waals surface area contributed by atoms with Gasteiger partial charge >= 0.3 is 0 Å². The van der Waals surface area contributed by atoms with Crippen molar-refractivity contribution >= 4 is 11.6 Å². The summed E-state index contributed by atoms with van der Waals surface area (Å²) in [5, 5.41) is 10.4. The van der Waals surface area contributed by atoms with E-state index in [2.05, 4.69) is 9.97 Å². The third-order valence-electron chi connectivity index (χ3n) is 5.49. The number of rotatable bonds is 4. The molecular weight excluding hydrogens is 360 g/mol. The largest absolute Gasteiger partial charge is 0.506 e. The van der Waals surface area contributed by atoms with E-state index in [1.807, 2.05) is 18.2 Å². The van der Waals surface area contributed by atoms with Gasteiger partial charge in [-0.05, 0) is 56.3 Å². The molecular formula is C21H23ClN4O. The van der Waals surface area contributed by atoms with Gasteiger partial charge in [0.25, 0.3) is 0 Å². The van der Waals surface area contributed by atoms with E-state index in [9.17, 15) is 5.11 Å². The highest BCUT2D eigenvalue weighted by atomic mass is 35.5. The van der Waals surface area contributed by atoms with Crippen molar-refractivity contribution in [2.24, 2.45) is 11.7 Å². The zero-order valence-corrected chi connectivity index (χ0v) is 15.8. The second-order valence-electron chi connectivity index (χ2n) is 7.17. The minimum atomic E-state index is 0.0643. The van der Waals surface area contributed by atoms with Gasteiger partial charge in [0, 0.05) is 29.4 Å². The van der Waals surface area contributed by atoms with Crippen molar-refractivity contribution in [3.05, 3.63) is 53.6 Å². The summed E-state index contributed by atoms with van der Waals surface area (Å²) in [6.45, 7) is 0.761. The van der Waals surface area contributed by atoms with Gasteiger partial charge < -0.3 is 15.8 Å². The Kier molecular flexibility index (Phi) is 5.14. The van der Waals surface area contributed by atoms with Crippen molar-refractivity contribution in [3.63, 3.8) is 0 Å². The van der Waals surface area contributed by atoms with Crippen LogP contribution in [0.1, 0.15) is 37.4 Å². The third kappa shape index (κ3) is 3.57. The van der Waals surface area contributed by atoms with Crippen molar-refractivity contribution in [2.75, 3.05) is 6.54 Å². The molecule has 1 aromatic carbocycles. The van der Waals surface area contributed by atoms with E-state index in [0.717, 1.165) is 60.6 Å². The number of pyridine rings is 1. The average Bonchev–Trinajstić information content (AvgIpc) is 3.16. The Morgan fingerprint density at radius 1 is 1.11 bits per heavy atom. The Morgan fingerprint density at radius 3 is 2.56 bits per heavy atom. The Bertz CT molecular complexity index is 917. The monoisotopic (exact) mass is 382 g/mol. The van der Waals surface area contributed by atoms with Gasteiger partial charge in [-0.1, -0.05) is 23.7 Å². The van der Waals surface area contributed by atoms with Crippen LogP contribution in [-0.4, -0.2) is 26.6 Å². The first-order valence-electron chi connectivity index (χ1n) is 9.35. The van der Waals surface area contributed by atoms with Gasteiger partial charge in [-0.15, -0.1) is 0 Å². The van der Waals surface area contributed by atoms with Crippen LogP contribution in [0.4, 0.5) is 0 Å². The van der Waals surface area contributed by atoms with Crippen LogP contribution < -0.4 is 5.73 Å². The van der Waals surface area contributed by atoms with E-state index in [4.69, 9.17) is 22.3 Å². The topological polar surface area (TPSA) is 87.8 Å². The molecule has 0 aliphatic heterocycles. The summed E-state index contributed by atoms with van der Waals surface area (Å²) >= 11 is 6.40. The lowest BCUT2D eigenvalue weighted by atomic mass is 9.82. The first kappa shape index (κ1) is 18.0. The van der Waals surface area contributed by atoms with Crippen molar-refractivity contribution in [1.82, 2.24) is 15.0 Å². The molecule has 3 aromatic rings. The van der Waals surface area contributed by atoms with E-state index in [1.165, 1.54) is 0 Å². The fourth-order valence-electron chi connectivity index (χ4n) is 3.88. The van der Waals surface area contributed by atoms with Crippen molar-refractivity contribution in [3.8, 4) is 28.3 Å². The molecule has 1 aliphatic carbocycles. The lowest BCUT2D eigenvalue weighted by molar-refractivity contribution is 0.326. The minimum Gasteiger partial charge on any atom is -0.506 e. The molecule has 0 amide bonds. The van der Waals surface area contributed by atoms with Crippen LogP contribution in [-0.2, 0) is 0 Å². The number of hydrogen-bond acceptors (Lipinski definition) is 4. The van der Waals surface area contributed by atoms with Gasteiger partial charge in [-0.3, -0.25) is 4.98 Å². The second kappa shape index (κ2) is 7.71. The number of nitrogens with one attached hydrogen (secondary N) is 1. The van der Waals surface area contributed by atoms with Crippen molar-refractivity contribution in [1.29, 1.82) is 0 Å². The Morgan fingerprint density at radius 2 is 1.85 bits per heavy atom. The van der Waals surface area contributed by atoms with Gasteiger partial charge in [0.05, 0.1) is 16.4 Å². The molecule has 0 spiro atoms. The standard InChI is InChI=1S/C21H23ClN4O/c22-18-16(2-1-3-17(18)27)20-19(14-8-10-24-11-9-14)25-21(26-20)15-6-4-13(12-23)5-7-15/h1-3,8-11,13,15,27H,4-7,12,23H2,(H,25,26). The van der Waals surface area contributed by atoms with Crippen molar-refractivity contribution in [2.45, 2.75) is 31.6 Å². The highest BCUT2D eigenvalue weighted by molar-refractivity contribution is 6.34. The predicted molar refractivity (Wildman–Crippen MR) is 108 cm³/mol. The summed E-state index contributed by atoms with van der Waals surface area (Å²) < 4.78 is 0. The van der Waals surface area contributed by atoms with E-state index >= 15 is 0 Å². The summed E-state index contributed by atoms with van der Waals surface area (Å²) in [4.78, 5) is 12.6. The van der Waals surface area contributed by atoms with E-state index in [-0.39, 0.29) is 5.75 Å². The molecule has 1 saturated carbocycles. The van der Waals surface area contributed by atoms with Crippen LogP contribution in [0.25, 0.3) is 22.5 Å². The van der Waals surface area contributed by atoms with Crippen LogP contribution in [0.3, 0.4) is 0 Å². The molecule has 0 atom stereocenters. The summed E-state index contributed by atoms with van der Waals surface area (Å²) in [5.74, 6) is 2.05. The van der Waals surface area contributed by atoms with Gasteiger partial charge in [0.2, 0.25) is 0 Å². The molecule has 2 aromatic heterocycles. The Balaban J connectivity index is 1.78. The van der Waals surface area contributed by atoms with Crippen LogP contribution in [0.2, 0.25) is 5.02 Å². The summed E-state index contributed by atoms with van der Waals surface area (Å²) in [7, 11) is 0. The number of aromatic amines is 1. The number of nitrogens with two attached hydrogens (primary N) is 1. The fourth-order valence-corrected chi connectivity index (χ4v) is 4.10. The average molecular weight is 383 g/mol. The van der Waals surface area contributed by atoms with Crippen LogP contribution in [0.15, 0.2) is 42.7 Å². The molecule has 4 N–H and O–H groups in total. The number of hydrogen-bond donors (Lipinski definition) is 3. The lowest BCUT2D eigenvalue weighted by Gasteiger charge is -2.26. The van der Waals surface area contributed by atoms with Gasteiger partial charge in [-0.2, -0.15) is 0 Å². The smallest absolute Gasteiger partial charge is 0.134 e. The van der Waals surface area contributed by atoms with E-state index in [1.54, 1.807) is 24.5 Å². The number of imidazole rings is 1. The number of phenolic OH excluding ortho intramolecular Hbond substituents is 1. The number of phenols is 1. The lowest BCUT2D eigenvalue weighted by Crippen LogP contribution is -2.21. The Labute approximate surface area is 163 Å². The first-order chi connectivity index (χ1) is 13.2. The van der Waals surface area contributed by atoms with Crippen LogP contribution >= 0.6 is 11.6 Å². The maximum absolute atomic E-state index is 10.0. The highest BCUT2D eigenvalue weighted by Gasteiger charge is 2.26. The van der Waals surface area contributed by atoms with Gasteiger partial charge in [-0.25, -0.2) is 4.98 Å². The normalized spacial score (nSPS) is 19.9. The minimum absolute atomic E-state index is 0.0643. The second-order valence-corrected chi connectivity index (χ2v) is 7.55. The molecule has 1 aliphatic rings. The molecule has 6 heteroatoms. The zero-order valence-electron chi connectivity index (χ0n) is 15.0. The molecule has 2 heterocycles. The Hall–Kier alpha value is -2.37. The molecule has 140 valence electrons. The maximum atomic E-state index is 10.0.